The van der Waals surface area contributed by atoms with E-state index < -0.39 is 0 Å². The van der Waals surface area contributed by atoms with E-state index >= 15 is 0 Å². The lowest BCUT2D eigenvalue weighted by molar-refractivity contribution is -0.121. The maximum Gasteiger partial charge on any atom is 0.221 e. The summed E-state index contributed by atoms with van der Waals surface area (Å²) in [6, 6.07) is 0.318. The van der Waals surface area contributed by atoms with Gasteiger partial charge in [0.2, 0.25) is 5.91 Å². The number of aromatic nitrogens is 2. The minimum atomic E-state index is 0.109. The first kappa shape index (κ1) is 13.4. The zero-order chi connectivity index (χ0) is 13.0. The van der Waals surface area contributed by atoms with Crippen molar-refractivity contribution in [2.24, 2.45) is 7.05 Å². The van der Waals surface area contributed by atoms with Crippen LogP contribution in [-0.4, -0.2) is 39.8 Å². The Kier molecular flexibility index (Phi) is 4.66. The molecule has 1 unspecified atom stereocenters. The first-order valence-electron chi connectivity index (χ1n) is 6.22. The van der Waals surface area contributed by atoms with Crippen molar-refractivity contribution in [2.75, 3.05) is 18.1 Å². The van der Waals surface area contributed by atoms with E-state index in [-0.39, 0.29) is 5.91 Å². The second-order valence-electron chi connectivity index (χ2n) is 4.59. The Morgan fingerprint density at radius 3 is 3.17 bits per heavy atom. The summed E-state index contributed by atoms with van der Waals surface area (Å²) in [5.41, 5.74) is 2.18. The number of aryl methyl sites for hydroxylation is 1. The molecule has 1 aromatic rings. The van der Waals surface area contributed by atoms with E-state index in [1.807, 2.05) is 36.6 Å². The van der Waals surface area contributed by atoms with Gasteiger partial charge in [0, 0.05) is 55.4 Å². The first-order chi connectivity index (χ1) is 8.66. The van der Waals surface area contributed by atoms with Crippen LogP contribution in [0, 0.1) is 6.92 Å². The van der Waals surface area contributed by atoms with Crippen LogP contribution in [0.1, 0.15) is 17.7 Å². The van der Waals surface area contributed by atoms with E-state index in [0.717, 1.165) is 29.3 Å². The molecule has 0 aromatic carbocycles. The molecule has 0 saturated carbocycles. The van der Waals surface area contributed by atoms with Gasteiger partial charge in [-0.25, -0.2) is 0 Å². The van der Waals surface area contributed by atoms with Crippen LogP contribution in [0.3, 0.4) is 0 Å². The minimum absolute atomic E-state index is 0.109. The summed E-state index contributed by atoms with van der Waals surface area (Å²) < 4.78 is 1.82. The molecule has 1 saturated heterocycles. The molecule has 2 rings (SSSR count). The number of amides is 1. The van der Waals surface area contributed by atoms with Gasteiger partial charge in [-0.3, -0.25) is 9.48 Å². The predicted octanol–water partition coefficient (Wildman–Crippen LogP) is 0.440. The highest BCUT2D eigenvalue weighted by molar-refractivity contribution is 7.99. The molecule has 1 aliphatic rings. The summed E-state index contributed by atoms with van der Waals surface area (Å²) in [6.07, 6.45) is 2.37. The van der Waals surface area contributed by atoms with E-state index in [1.165, 1.54) is 0 Å². The molecule has 2 heterocycles. The number of hydrogen-bond acceptors (Lipinski definition) is 4. The van der Waals surface area contributed by atoms with Crippen LogP contribution in [-0.2, 0) is 18.4 Å². The van der Waals surface area contributed by atoms with Gasteiger partial charge in [-0.1, -0.05) is 0 Å². The van der Waals surface area contributed by atoms with Gasteiger partial charge >= 0.3 is 0 Å². The molecular weight excluding hydrogens is 248 g/mol. The Hall–Kier alpha value is -1.01. The Labute approximate surface area is 112 Å². The fourth-order valence-electron chi connectivity index (χ4n) is 1.96. The van der Waals surface area contributed by atoms with Gasteiger partial charge in [0.15, 0.2) is 0 Å². The van der Waals surface area contributed by atoms with Gasteiger partial charge in [0.05, 0.1) is 6.20 Å². The van der Waals surface area contributed by atoms with E-state index in [9.17, 15) is 4.79 Å². The van der Waals surface area contributed by atoms with Crippen LogP contribution in [0.4, 0.5) is 0 Å². The number of carbonyl (C=O) groups is 1. The molecule has 2 N–H and O–H groups in total. The number of nitrogens with zero attached hydrogens (tertiary/aromatic N) is 2. The van der Waals surface area contributed by atoms with Gasteiger partial charge in [-0.2, -0.15) is 16.9 Å². The lowest BCUT2D eigenvalue weighted by Gasteiger charge is -2.22. The van der Waals surface area contributed by atoms with Gasteiger partial charge in [0.1, 0.15) is 0 Å². The lowest BCUT2D eigenvalue weighted by atomic mass is 10.2. The molecule has 1 aromatic heterocycles. The largest absolute Gasteiger partial charge is 0.352 e. The standard InChI is InChI=1S/C12H20N4OS/c1-9-10(7-15-16(9)2)6-14-12(17)5-11-8-18-4-3-13-11/h7,11,13H,3-6,8H2,1-2H3,(H,14,17). The molecule has 1 atom stereocenters. The molecular formula is C12H20N4OS. The second kappa shape index (κ2) is 6.24. The van der Waals surface area contributed by atoms with Crippen LogP contribution in [0.25, 0.3) is 0 Å². The lowest BCUT2D eigenvalue weighted by Crippen LogP contribution is -2.41. The summed E-state index contributed by atoms with van der Waals surface area (Å²) in [4.78, 5) is 11.8. The molecule has 0 spiro atoms. The van der Waals surface area contributed by atoms with Crippen LogP contribution in [0.5, 0.6) is 0 Å². The van der Waals surface area contributed by atoms with Crippen LogP contribution in [0.2, 0.25) is 0 Å². The van der Waals surface area contributed by atoms with Crippen LogP contribution in [0.15, 0.2) is 6.20 Å². The van der Waals surface area contributed by atoms with Crippen molar-refractivity contribution in [1.29, 1.82) is 0 Å². The van der Waals surface area contributed by atoms with Crippen LogP contribution >= 0.6 is 11.8 Å². The molecule has 100 valence electrons. The fraction of sp³-hybridized carbons (Fsp3) is 0.667. The Morgan fingerprint density at radius 2 is 2.56 bits per heavy atom. The third-order valence-electron chi connectivity index (χ3n) is 3.24. The summed E-state index contributed by atoms with van der Waals surface area (Å²) in [7, 11) is 1.91. The number of rotatable bonds is 4. The summed E-state index contributed by atoms with van der Waals surface area (Å²) in [5.74, 6) is 2.28. The highest BCUT2D eigenvalue weighted by Gasteiger charge is 2.16. The normalized spacial score (nSPS) is 19.8. The van der Waals surface area contributed by atoms with Crippen molar-refractivity contribution in [3.63, 3.8) is 0 Å². The van der Waals surface area contributed by atoms with Gasteiger partial charge in [0.25, 0.3) is 0 Å². The zero-order valence-electron chi connectivity index (χ0n) is 10.9. The van der Waals surface area contributed by atoms with Crippen molar-refractivity contribution in [1.82, 2.24) is 20.4 Å². The van der Waals surface area contributed by atoms with Crippen molar-refractivity contribution in [2.45, 2.75) is 25.9 Å². The van der Waals surface area contributed by atoms with E-state index in [4.69, 9.17) is 0 Å². The van der Waals surface area contributed by atoms with Crippen LogP contribution < -0.4 is 10.6 Å². The molecule has 6 heteroatoms. The van der Waals surface area contributed by atoms with Gasteiger partial charge in [-0.15, -0.1) is 0 Å². The number of nitrogens with one attached hydrogen (secondary N) is 2. The molecule has 0 aliphatic carbocycles. The highest BCUT2D eigenvalue weighted by atomic mass is 32.2. The molecule has 1 fully saturated rings. The fourth-order valence-corrected chi connectivity index (χ4v) is 2.91. The number of thioether (sulfide) groups is 1. The van der Waals surface area contributed by atoms with E-state index in [0.29, 0.717) is 19.0 Å². The predicted molar refractivity (Wildman–Crippen MR) is 73.5 cm³/mol. The quantitative estimate of drug-likeness (QED) is 0.832. The zero-order valence-corrected chi connectivity index (χ0v) is 11.7. The molecule has 18 heavy (non-hydrogen) atoms. The average Bonchev–Trinajstić information content (AvgIpc) is 2.69. The Morgan fingerprint density at radius 1 is 1.72 bits per heavy atom. The summed E-state index contributed by atoms with van der Waals surface area (Å²) >= 11 is 1.91. The molecule has 1 amide bonds. The van der Waals surface area contributed by atoms with Crippen molar-refractivity contribution >= 4 is 17.7 Å². The van der Waals surface area contributed by atoms with Gasteiger partial charge < -0.3 is 10.6 Å². The molecule has 0 bridgehead atoms. The van der Waals surface area contributed by atoms with E-state index in [1.54, 1.807) is 0 Å². The Bertz CT molecular complexity index is 412. The van der Waals surface area contributed by atoms with Crippen molar-refractivity contribution < 1.29 is 4.79 Å². The summed E-state index contributed by atoms with van der Waals surface area (Å²) in [6.45, 7) is 3.58. The van der Waals surface area contributed by atoms with Gasteiger partial charge in [-0.05, 0) is 6.92 Å². The Balaban J connectivity index is 1.76. The second-order valence-corrected chi connectivity index (χ2v) is 5.74. The molecule has 1 aliphatic heterocycles. The molecule has 5 nitrogen and oxygen atoms in total. The maximum atomic E-state index is 11.8. The third kappa shape index (κ3) is 3.49. The molecule has 0 radical (unpaired) electrons. The third-order valence-corrected chi connectivity index (χ3v) is 4.37. The smallest absolute Gasteiger partial charge is 0.221 e. The monoisotopic (exact) mass is 268 g/mol. The minimum Gasteiger partial charge on any atom is -0.352 e. The summed E-state index contributed by atoms with van der Waals surface area (Å²) in [5, 5.41) is 10.5. The average molecular weight is 268 g/mol. The SMILES string of the molecule is Cc1c(CNC(=O)CC2CSCCN2)cnn1C. The van der Waals surface area contributed by atoms with Crippen molar-refractivity contribution in [3.05, 3.63) is 17.5 Å². The van der Waals surface area contributed by atoms with E-state index in [2.05, 4.69) is 15.7 Å². The highest BCUT2D eigenvalue weighted by Crippen LogP contribution is 2.10. The number of hydrogen-bond donors (Lipinski definition) is 2. The van der Waals surface area contributed by atoms with Crippen molar-refractivity contribution in [3.8, 4) is 0 Å². The first-order valence-corrected chi connectivity index (χ1v) is 7.37. The topological polar surface area (TPSA) is 59.0 Å². The maximum absolute atomic E-state index is 11.8. The number of carbonyl (C=O) groups excluding carboxylic acids is 1.